The van der Waals surface area contributed by atoms with Crippen molar-refractivity contribution in [3.63, 3.8) is 0 Å². The second-order valence-corrected chi connectivity index (χ2v) is 2.27. The van der Waals surface area contributed by atoms with Gasteiger partial charge in [-0.3, -0.25) is 9.59 Å². The van der Waals surface area contributed by atoms with E-state index in [4.69, 9.17) is 0 Å². The summed E-state index contributed by atoms with van der Waals surface area (Å²) in [4.78, 5) is 27.8. The number of rotatable bonds is 3. The van der Waals surface area contributed by atoms with E-state index in [1.54, 1.807) is 0 Å². The molecule has 0 aliphatic rings. The van der Waals surface area contributed by atoms with Crippen molar-refractivity contribution in [1.29, 1.82) is 0 Å². The van der Waals surface area contributed by atoms with Crippen LogP contribution < -0.4 is 0 Å². The van der Waals surface area contributed by atoms with Crippen molar-refractivity contribution >= 4 is 11.6 Å². The Morgan fingerprint density at radius 3 is 2.82 bits per heavy atom. The summed E-state index contributed by atoms with van der Waals surface area (Å²) in [7, 11) is 0. The molecule has 0 spiro atoms. The molecular formula is C7H8N2O2. The van der Waals surface area contributed by atoms with Crippen LogP contribution in [0.25, 0.3) is 0 Å². The van der Waals surface area contributed by atoms with Crippen molar-refractivity contribution in [2.75, 3.05) is 0 Å². The maximum absolute atomic E-state index is 11.0. The fourth-order valence-electron chi connectivity index (χ4n) is 0.730. The first-order chi connectivity index (χ1) is 5.20. The minimum absolute atomic E-state index is 0.0534. The first-order valence-corrected chi connectivity index (χ1v) is 3.21. The van der Waals surface area contributed by atoms with Crippen molar-refractivity contribution in [2.45, 2.75) is 13.3 Å². The van der Waals surface area contributed by atoms with Crippen LogP contribution in [0.4, 0.5) is 0 Å². The molecule has 1 aromatic heterocycles. The molecule has 0 aliphatic heterocycles. The monoisotopic (exact) mass is 152 g/mol. The Bertz CT molecular complexity index is 264. The van der Waals surface area contributed by atoms with E-state index >= 15 is 0 Å². The molecule has 1 N–H and O–H groups in total. The van der Waals surface area contributed by atoms with Crippen molar-refractivity contribution in [3.05, 3.63) is 18.2 Å². The SMILES string of the molecule is CC(=O)CC(=O)c1cnc[nH]1. The molecule has 0 atom stereocenters. The summed E-state index contributed by atoms with van der Waals surface area (Å²) in [6, 6.07) is 0. The van der Waals surface area contributed by atoms with Gasteiger partial charge in [0.2, 0.25) is 0 Å². The number of hydrogen-bond acceptors (Lipinski definition) is 3. The fourth-order valence-corrected chi connectivity index (χ4v) is 0.730. The minimum Gasteiger partial charge on any atom is -0.342 e. The molecule has 58 valence electrons. The van der Waals surface area contributed by atoms with Crippen LogP contribution in [0.3, 0.4) is 0 Å². The molecule has 1 rings (SSSR count). The van der Waals surface area contributed by atoms with E-state index in [2.05, 4.69) is 9.97 Å². The van der Waals surface area contributed by atoms with Crippen molar-refractivity contribution < 1.29 is 9.59 Å². The van der Waals surface area contributed by atoms with E-state index in [0.29, 0.717) is 5.69 Å². The number of hydrogen-bond donors (Lipinski definition) is 1. The highest BCUT2D eigenvalue weighted by molar-refractivity contribution is 6.06. The summed E-state index contributed by atoms with van der Waals surface area (Å²) in [5.74, 6) is -0.348. The molecule has 0 radical (unpaired) electrons. The highest BCUT2D eigenvalue weighted by Gasteiger charge is 2.08. The van der Waals surface area contributed by atoms with E-state index in [1.807, 2.05) is 0 Å². The smallest absolute Gasteiger partial charge is 0.187 e. The minimum atomic E-state index is -0.213. The largest absolute Gasteiger partial charge is 0.342 e. The molecule has 1 aromatic rings. The number of ketones is 2. The Hall–Kier alpha value is -1.45. The van der Waals surface area contributed by atoms with Crippen LogP contribution in [0.2, 0.25) is 0 Å². The lowest BCUT2D eigenvalue weighted by molar-refractivity contribution is -0.116. The molecule has 11 heavy (non-hydrogen) atoms. The predicted octanol–water partition coefficient (Wildman–Crippen LogP) is 0.571. The lowest BCUT2D eigenvalue weighted by atomic mass is 10.2. The number of imidazole rings is 1. The van der Waals surface area contributed by atoms with Crippen LogP contribution in [-0.4, -0.2) is 21.5 Å². The van der Waals surface area contributed by atoms with Crippen molar-refractivity contribution in [2.24, 2.45) is 0 Å². The number of carbonyl (C=O) groups excluding carboxylic acids is 2. The van der Waals surface area contributed by atoms with Gasteiger partial charge in [-0.05, 0) is 6.92 Å². The van der Waals surface area contributed by atoms with Gasteiger partial charge < -0.3 is 4.98 Å². The summed E-state index contributed by atoms with van der Waals surface area (Å²) >= 11 is 0. The van der Waals surface area contributed by atoms with Gasteiger partial charge >= 0.3 is 0 Å². The molecule has 1 heterocycles. The van der Waals surface area contributed by atoms with Gasteiger partial charge in [-0.1, -0.05) is 0 Å². The van der Waals surface area contributed by atoms with Crippen molar-refractivity contribution in [1.82, 2.24) is 9.97 Å². The number of aromatic nitrogens is 2. The summed E-state index contributed by atoms with van der Waals surface area (Å²) < 4.78 is 0. The van der Waals surface area contributed by atoms with Gasteiger partial charge in [0, 0.05) is 0 Å². The molecule has 0 saturated carbocycles. The number of nitrogens with zero attached hydrogens (tertiary/aromatic N) is 1. The van der Waals surface area contributed by atoms with Gasteiger partial charge in [-0.2, -0.15) is 0 Å². The number of aromatic amines is 1. The molecule has 0 bridgehead atoms. The fraction of sp³-hybridized carbons (Fsp3) is 0.286. The zero-order valence-corrected chi connectivity index (χ0v) is 6.13. The number of carbonyl (C=O) groups is 2. The maximum atomic E-state index is 11.0. The predicted molar refractivity (Wildman–Crippen MR) is 38.2 cm³/mol. The number of nitrogens with one attached hydrogen (secondary N) is 1. The van der Waals surface area contributed by atoms with E-state index in [1.165, 1.54) is 19.4 Å². The molecule has 0 amide bonds. The van der Waals surface area contributed by atoms with Crippen LogP contribution in [0.1, 0.15) is 23.8 Å². The van der Waals surface area contributed by atoms with Crippen LogP contribution in [0.15, 0.2) is 12.5 Å². The molecule has 4 heteroatoms. The zero-order chi connectivity index (χ0) is 8.27. The molecule has 0 unspecified atom stereocenters. The first kappa shape index (κ1) is 7.65. The van der Waals surface area contributed by atoms with E-state index in [9.17, 15) is 9.59 Å². The molecule has 0 saturated heterocycles. The first-order valence-electron chi connectivity index (χ1n) is 3.21. The van der Waals surface area contributed by atoms with Gasteiger partial charge in [-0.15, -0.1) is 0 Å². The zero-order valence-electron chi connectivity index (χ0n) is 6.13. The Labute approximate surface area is 63.6 Å². The van der Waals surface area contributed by atoms with E-state index in [-0.39, 0.29) is 18.0 Å². The summed E-state index contributed by atoms with van der Waals surface area (Å²) in [6.07, 6.45) is 2.76. The second kappa shape index (κ2) is 3.09. The third kappa shape index (κ3) is 2.00. The Kier molecular flexibility index (Phi) is 2.15. The van der Waals surface area contributed by atoms with E-state index in [0.717, 1.165) is 0 Å². The second-order valence-electron chi connectivity index (χ2n) is 2.27. The highest BCUT2D eigenvalue weighted by Crippen LogP contribution is 1.97. The highest BCUT2D eigenvalue weighted by atomic mass is 16.1. The van der Waals surface area contributed by atoms with Gasteiger partial charge in [0.25, 0.3) is 0 Å². The summed E-state index contributed by atoms with van der Waals surface area (Å²) in [5, 5.41) is 0. The third-order valence-corrected chi connectivity index (χ3v) is 1.21. The van der Waals surface area contributed by atoms with Gasteiger partial charge in [0.1, 0.15) is 11.5 Å². The van der Waals surface area contributed by atoms with Gasteiger partial charge in [0.15, 0.2) is 5.78 Å². The lowest BCUT2D eigenvalue weighted by Gasteiger charge is -1.90. The van der Waals surface area contributed by atoms with E-state index < -0.39 is 0 Å². The molecule has 0 fully saturated rings. The summed E-state index contributed by atoms with van der Waals surface area (Å²) in [5.41, 5.74) is 0.389. The molecule has 0 aromatic carbocycles. The van der Waals surface area contributed by atoms with Gasteiger partial charge in [-0.25, -0.2) is 4.98 Å². The number of Topliss-reactive ketones (excluding diaryl/α,β-unsaturated/α-hetero) is 2. The maximum Gasteiger partial charge on any atom is 0.187 e. The Morgan fingerprint density at radius 2 is 2.36 bits per heavy atom. The summed E-state index contributed by atoms with van der Waals surface area (Å²) in [6.45, 7) is 1.38. The standard InChI is InChI=1S/C7H8N2O2/c1-5(10)2-7(11)6-3-8-4-9-6/h3-4H,2H2,1H3,(H,8,9). The van der Waals surface area contributed by atoms with Crippen LogP contribution in [0, 0.1) is 0 Å². The van der Waals surface area contributed by atoms with Crippen LogP contribution in [-0.2, 0) is 4.79 Å². The number of H-pyrrole nitrogens is 1. The average molecular weight is 152 g/mol. The van der Waals surface area contributed by atoms with Crippen LogP contribution >= 0.6 is 0 Å². The molecule has 4 nitrogen and oxygen atoms in total. The van der Waals surface area contributed by atoms with Crippen LogP contribution in [0.5, 0.6) is 0 Å². The quantitative estimate of drug-likeness (QED) is 0.508. The Balaban J connectivity index is 2.64. The third-order valence-electron chi connectivity index (χ3n) is 1.21. The van der Waals surface area contributed by atoms with Gasteiger partial charge in [0.05, 0.1) is 18.9 Å². The topological polar surface area (TPSA) is 62.8 Å². The van der Waals surface area contributed by atoms with Crippen molar-refractivity contribution in [3.8, 4) is 0 Å². The normalized spacial score (nSPS) is 9.55. The lowest BCUT2D eigenvalue weighted by Crippen LogP contribution is -2.04. The average Bonchev–Trinajstić information content (AvgIpc) is 2.35. The Morgan fingerprint density at radius 1 is 1.64 bits per heavy atom. The molecule has 0 aliphatic carbocycles. The molecular weight excluding hydrogens is 144 g/mol.